The first-order chi connectivity index (χ1) is 9.52. The van der Waals surface area contributed by atoms with Gasteiger partial charge in [0.15, 0.2) is 11.6 Å². The molecule has 0 radical (unpaired) electrons. The van der Waals surface area contributed by atoms with Crippen LogP contribution in [0.4, 0.5) is 14.5 Å². The SMILES string of the molecule is Nc1cc(F)c(F)cc1C(=O)N1CCN(CCO)CC1. The molecular formula is C13H17F2N3O2. The molecule has 0 saturated carbocycles. The number of nitrogens with zero attached hydrogens (tertiary/aromatic N) is 2. The molecule has 110 valence electrons. The third-order valence-electron chi connectivity index (χ3n) is 3.40. The van der Waals surface area contributed by atoms with Gasteiger partial charge in [-0.05, 0) is 6.07 Å². The second-order valence-electron chi connectivity index (χ2n) is 4.71. The molecule has 1 aliphatic rings. The maximum Gasteiger partial charge on any atom is 0.256 e. The van der Waals surface area contributed by atoms with E-state index in [0.717, 1.165) is 12.1 Å². The van der Waals surface area contributed by atoms with Gasteiger partial charge in [-0.1, -0.05) is 0 Å². The van der Waals surface area contributed by atoms with Crippen molar-refractivity contribution >= 4 is 11.6 Å². The lowest BCUT2D eigenvalue weighted by Gasteiger charge is -2.34. The smallest absolute Gasteiger partial charge is 0.256 e. The zero-order valence-corrected chi connectivity index (χ0v) is 11.0. The molecule has 0 spiro atoms. The second kappa shape index (κ2) is 6.15. The Labute approximate surface area is 115 Å². The van der Waals surface area contributed by atoms with Gasteiger partial charge in [-0.25, -0.2) is 8.78 Å². The fraction of sp³-hybridized carbons (Fsp3) is 0.462. The predicted molar refractivity (Wildman–Crippen MR) is 70.2 cm³/mol. The molecular weight excluding hydrogens is 268 g/mol. The number of rotatable bonds is 3. The third-order valence-corrected chi connectivity index (χ3v) is 3.40. The van der Waals surface area contributed by atoms with Gasteiger partial charge in [0.2, 0.25) is 0 Å². The lowest BCUT2D eigenvalue weighted by atomic mass is 10.1. The molecule has 1 aliphatic heterocycles. The summed E-state index contributed by atoms with van der Waals surface area (Å²) in [5, 5.41) is 8.85. The third kappa shape index (κ3) is 3.05. The van der Waals surface area contributed by atoms with E-state index in [9.17, 15) is 13.6 Å². The quantitative estimate of drug-likeness (QED) is 0.784. The number of hydrogen-bond donors (Lipinski definition) is 2. The van der Waals surface area contributed by atoms with Crippen LogP contribution in [0.1, 0.15) is 10.4 Å². The Kier molecular flexibility index (Phi) is 4.51. The van der Waals surface area contributed by atoms with Crippen molar-refractivity contribution in [3.8, 4) is 0 Å². The molecule has 1 saturated heterocycles. The summed E-state index contributed by atoms with van der Waals surface area (Å²) in [6, 6.07) is 1.66. The molecule has 1 aromatic carbocycles. The van der Waals surface area contributed by atoms with Crippen LogP contribution < -0.4 is 5.73 Å². The number of aliphatic hydroxyl groups excluding tert-OH is 1. The predicted octanol–water partition coefficient (Wildman–Crippen LogP) is 0.297. The molecule has 1 amide bonds. The zero-order chi connectivity index (χ0) is 14.7. The highest BCUT2D eigenvalue weighted by atomic mass is 19.2. The van der Waals surface area contributed by atoms with Gasteiger partial charge in [0.1, 0.15) is 0 Å². The molecule has 0 aliphatic carbocycles. The molecule has 0 unspecified atom stereocenters. The summed E-state index contributed by atoms with van der Waals surface area (Å²) in [6.07, 6.45) is 0. The summed E-state index contributed by atoms with van der Waals surface area (Å²) in [6.45, 7) is 2.85. The molecule has 2 rings (SSSR count). The maximum atomic E-state index is 13.2. The van der Waals surface area contributed by atoms with Gasteiger partial charge < -0.3 is 15.7 Å². The molecule has 1 fully saturated rings. The number of anilines is 1. The summed E-state index contributed by atoms with van der Waals surface area (Å²) >= 11 is 0. The number of carbonyl (C=O) groups excluding carboxylic acids is 1. The Balaban J connectivity index is 2.07. The highest BCUT2D eigenvalue weighted by molar-refractivity contribution is 5.99. The molecule has 20 heavy (non-hydrogen) atoms. The van der Waals surface area contributed by atoms with E-state index in [-0.39, 0.29) is 17.9 Å². The number of benzene rings is 1. The molecule has 0 aromatic heterocycles. The Morgan fingerprint density at radius 2 is 1.80 bits per heavy atom. The molecule has 7 heteroatoms. The number of halogens is 2. The maximum absolute atomic E-state index is 13.2. The van der Waals surface area contributed by atoms with E-state index in [1.54, 1.807) is 4.90 Å². The zero-order valence-electron chi connectivity index (χ0n) is 11.0. The molecule has 0 atom stereocenters. The van der Waals surface area contributed by atoms with Crippen molar-refractivity contribution in [3.63, 3.8) is 0 Å². The minimum atomic E-state index is -1.08. The van der Waals surface area contributed by atoms with Crippen molar-refractivity contribution in [3.05, 3.63) is 29.3 Å². The van der Waals surface area contributed by atoms with Crippen LogP contribution in [0.3, 0.4) is 0 Å². The lowest BCUT2D eigenvalue weighted by molar-refractivity contribution is 0.0615. The van der Waals surface area contributed by atoms with E-state index in [2.05, 4.69) is 0 Å². The summed E-state index contributed by atoms with van der Waals surface area (Å²) in [4.78, 5) is 15.8. The molecule has 5 nitrogen and oxygen atoms in total. The van der Waals surface area contributed by atoms with Crippen LogP contribution in [-0.2, 0) is 0 Å². The number of nitrogen functional groups attached to an aromatic ring is 1. The van der Waals surface area contributed by atoms with E-state index in [1.807, 2.05) is 4.90 Å². The fourth-order valence-corrected chi connectivity index (χ4v) is 2.23. The number of aliphatic hydroxyl groups is 1. The van der Waals surface area contributed by atoms with Crippen LogP contribution in [0.15, 0.2) is 12.1 Å². The number of carbonyl (C=O) groups is 1. The van der Waals surface area contributed by atoms with Gasteiger partial charge in [0.25, 0.3) is 5.91 Å². The topological polar surface area (TPSA) is 69.8 Å². The molecule has 0 bridgehead atoms. The highest BCUT2D eigenvalue weighted by Gasteiger charge is 2.24. The van der Waals surface area contributed by atoms with Crippen molar-refractivity contribution in [2.24, 2.45) is 0 Å². The summed E-state index contributed by atoms with van der Waals surface area (Å²) in [5.41, 5.74) is 5.50. The van der Waals surface area contributed by atoms with Crippen LogP contribution in [0, 0.1) is 11.6 Å². The Morgan fingerprint density at radius 3 is 2.40 bits per heavy atom. The minimum absolute atomic E-state index is 0.0143. The van der Waals surface area contributed by atoms with Crippen molar-refractivity contribution < 1.29 is 18.7 Å². The fourth-order valence-electron chi connectivity index (χ4n) is 2.23. The highest BCUT2D eigenvalue weighted by Crippen LogP contribution is 2.19. The van der Waals surface area contributed by atoms with Crippen molar-refractivity contribution in [2.45, 2.75) is 0 Å². The van der Waals surface area contributed by atoms with Crippen molar-refractivity contribution in [1.29, 1.82) is 0 Å². The number of amides is 1. The number of hydrogen-bond acceptors (Lipinski definition) is 4. The largest absolute Gasteiger partial charge is 0.398 e. The van der Waals surface area contributed by atoms with Gasteiger partial charge in [0, 0.05) is 44.5 Å². The first-order valence-corrected chi connectivity index (χ1v) is 6.40. The number of nitrogens with two attached hydrogens (primary N) is 1. The average Bonchev–Trinajstić information content (AvgIpc) is 2.43. The van der Waals surface area contributed by atoms with Gasteiger partial charge in [0.05, 0.1) is 12.2 Å². The van der Waals surface area contributed by atoms with Gasteiger partial charge >= 0.3 is 0 Å². The lowest BCUT2D eigenvalue weighted by Crippen LogP contribution is -2.49. The number of piperazine rings is 1. The van der Waals surface area contributed by atoms with E-state index >= 15 is 0 Å². The normalized spacial score (nSPS) is 16.4. The number of β-amino-alcohol motifs (C(OH)–C–C–N with tert-alkyl or cyclic N) is 1. The second-order valence-corrected chi connectivity index (χ2v) is 4.71. The van der Waals surface area contributed by atoms with Crippen LogP contribution in [0.5, 0.6) is 0 Å². The van der Waals surface area contributed by atoms with E-state index in [0.29, 0.717) is 32.7 Å². The first-order valence-electron chi connectivity index (χ1n) is 6.40. The minimum Gasteiger partial charge on any atom is -0.398 e. The first kappa shape index (κ1) is 14.7. The Bertz CT molecular complexity index is 503. The Hall–Kier alpha value is -1.73. The van der Waals surface area contributed by atoms with E-state index in [1.165, 1.54) is 0 Å². The molecule has 1 aromatic rings. The van der Waals surface area contributed by atoms with Crippen LogP contribution in [0.2, 0.25) is 0 Å². The van der Waals surface area contributed by atoms with E-state index < -0.39 is 17.5 Å². The van der Waals surface area contributed by atoms with Crippen molar-refractivity contribution in [2.75, 3.05) is 45.1 Å². The van der Waals surface area contributed by atoms with E-state index in [4.69, 9.17) is 10.8 Å². The van der Waals surface area contributed by atoms with Crippen LogP contribution in [-0.4, -0.2) is 60.1 Å². The Morgan fingerprint density at radius 1 is 1.20 bits per heavy atom. The molecule has 1 heterocycles. The monoisotopic (exact) mass is 285 g/mol. The summed E-state index contributed by atoms with van der Waals surface area (Å²) < 4.78 is 26.2. The van der Waals surface area contributed by atoms with Gasteiger partial charge in [-0.15, -0.1) is 0 Å². The standard InChI is InChI=1S/C13H17F2N3O2/c14-10-7-9(12(16)8-11(10)15)13(20)18-3-1-17(2-4-18)5-6-19/h7-8,19H,1-6,16H2. The van der Waals surface area contributed by atoms with Crippen LogP contribution in [0.25, 0.3) is 0 Å². The van der Waals surface area contributed by atoms with Gasteiger partial charge in [-0.3, -0.25) is 9.69 Å². The van der Waals surface area contributed by atoms with Crippen LogP contribution >= 0.6 is 0 Å². The summed E-state index contributed by atoms with van der Waals surface area (Å²) in [5.74, 6) is -2.54. The molecule has 3 N–H and O–H groups in total. The summed E-state index contributed by atoms with van der Waals surface area (Å²) in [7, 11) is 0. The van der Waals surface area contributed by atoms with Gasteiger partial charge in [-0.2, -0.15) is 0 Å². The van der Waals surface area contributed by atoms with Crippen molar-refractivity contribution in [1.82, 2.24) is 9.80 Å². The average molecular weight is 285 g/mol.